The van der Waals surface area contributed by atoms with Gasteiger partial charge in [0.1, 0.15) is 11.5 Å². The van der Waals surface area contributed by atoms with E-state index >= 15 is 0 Å². The molecule has 1 rings (SSSR count). The number of aliphatic hydroxyl groups excluding tert-OH is 1. The molecule has 0 fully saturated rings. The normalized spacial score (nSPS) is 10.2. The van der Waals surface area contributed by atoms with Crippen LogP contribution in [0.5, 0.6) is 5.75 Å². The van der Waals surface area contributed by atoms with E-state index in [-0.39, 0.29) is 5.69 Å². The summed E-state index contributed by atoms with van der Waals surface area (Å²) in [7, 11) is 1.51. The second-order valence-electron chi connectivity index (χ2n) is 2.48. The number of rotatable bonds is 1. The van der Waals surface area contributed by atoms with Crippen LogP contribution in [0, 0.1) is 6.92 Å². The van der Waals surface area contributed by atoms with E-state index in [0.717, 1.165) is 0 Å². The fraction of sp³-hybridized carbons (Fsp3) is 0.429. The lowest BCUT2D eigenvalue weighted by molar-refractivity contribution is 0.267. The summed E-state index contributed by atoms with van der Waals surface area (Å²) < 4.78 is 1.22. The van der Waals surface area contributed by atoms with Gasteiger partial charge in [0.2, 0.25) is 5.75 Å². The molecule has 12 heavy (non-hydrogen) atoms. The van der Waals surface area contributed by atoms with Gasteiger partial charge in [-0.05, 0) is 6.92 Å². The Hall–Kier alpha value is -1.36. The molecule has 0 aliphatic heterocycles. The highest BCUT2D eigenvalue weighted by molar-refractivity contribution is 5.22. The van der Waals surface area contributed by atoms with Gasteiger partial charge in [0.05, 0.1) is 6.61 Å². The van der Waals surface area contributed by atoms with Gasteiger partial charge in [0.15, 0.2) is 0 Å². The first kappa shape index (κ1) is 8.73. The van der Waals surface area contributed by atoms with Gasteiger partial charge in [0.25, 0.3) is 5.56 Å². The smallest absolute Gasteiger partial charge is 0.295 e. The minimum absolute atomic E-state index is 0.0237. The summed E-state index contributed by atoms with van der Waals surface area (Å²) in [5.41, 5.74) is -0.512. The van der Waals surface area contributed by atoms with Gasteiger partial charge < -0.3 is 10.2 Å². The van der Waals surface area contributed by atoms with Crippen LogP contribution in [-0.4, -0.2) is 19.8 Å². The zero-order valence-electron chi connectivity index (χ0n) is 6.90. The first-order valence-corrected chi connectivity index (χ1v) is 3.44. The minimum Gasteiger partial charge on any atom is -0.502 e. The Morgan fingerprint density at radius 2 is 2.17 bits per heavy atom. The summed E-state index contributed by atoms with van der Waals surface area (Å²) in [6.45, 7) is 1.20. The van der Waals surface area contributed by atoms with Gasteiger partial charge in [0, 0.05) is 7.05 Å². The molecule has 0 amide bonds. The number of aromatic nitrogens is 2. The van der Waals surface area contributed by atoms with Gasteiger partial charge in [-0.2, -0.15) is 0 Å². The molecule has 0 aliphatic rings. The highest BCUT2D eigenvalue weighted by Crippen LogP contribution is 2.07. The van der Waals surface area contributed by atoms with Crippen LogP contribution in [0.3, 0.4) is 0 Å². The van der Waals surface area contributed by atoms with Gasteiger partial charge in [-0.15, -0.1) is 0 Å². The number of aliphatic hydroxyl groups is 1. The maximum Gasteiger partial charge on any atom is 0.295 e. The van der Waals surface area contributed by atoms with Crippen LogP contribution in [0.15, 0.2) is 4.79 Å². The molecule has 1 heterocycles. The Bertz CT molecular complexity index is 356. The molecule has 0 aliphatic carbocycles. The lowest BCUT2D eigenvalue weighted by Gasteiger charge is -2.05. The van der Waals surface area contributed by atoms with Crippen LogP contribution >= 0.6 is 0 Å². The van der Waals surface area contributed by atoms with E-state index in [2.05, 4.69) is 4.98 Å². The van der Waals surface area contributed by atoms with Crippen LogP contribution in [0.1, 0.15) is 11.5 Å². The molecule has 0 bridgehead atoms. The van der Waals surface area contributed by atoms with E-state index in [9.17, 15) is 4.79 Å². The van der Waals surface area contributed by atoms with Gasteiger partial charge in [-0.1, -0.05) is 0 Å². The predicted molar refractivity (Wildman–Crippen MR) is 41.8 cm³/mol. The van der Waals surface area contributed by atoms with E-state index < -0.39 is 17.9 Å². The first-order chi connectivity index (χ1) is 5.57. The maximum absolute atomic E-state index is 11.1. The van der Waals surface area contributed by atoms with Crippen LogP contribution in [-0.2, 0) is 13.7 Å². The second-order valence-corrected chi connectivity index (χ2v) is 2.48. The molecule has 1 aromatic heterocycles. The third-order valence-electron chi connectivity index (χ3n) is 1.71. The summed E-state index contributed by atoms with van der Waals surface area (Å²) in [5, 5.41) is 17.8. The zero-order chi connectivity index (χ0) is 9.30. The highest BCUT2D eigenvalue weighted by Gasteiger charge is 2.09. The van der Waals surface area contributed by atoms with Crippen molar-refractivity contribution in [2.45, 2.75) is 13.5 Å². The third kappa shape index (κ3) is 1.18. The zero-order valence-corrected chi connectivity index (χ0v) is 6.90. The van der Waals surface area contributed by atoms with Gasteiger partial charge in [-0.3, -0.25) is 9.36 Å². The maximum atomic E-state index is 11.1. The van der Waals surface area contributed by atoms with E-state index in [1.165, 1.54) is 11.6 Å². The molecule has 0 saturated heterocycles. The van der Waals surface area contributed by atoms with Crippen molar-refractivity contribution >= 4 is 0 Å². The molecule has 0 radical (unpaired) electrons. The third-order valence-corrected chi connectivity index (χ3v) is 1.71. The van der Waals surface area contributed by atoms with Crippen molar-refractivity contribution in [3.05, 3.63) is 21.9 Å². The van der Waals surface area contributed by atoms with Crippen LogP contribution < -0.4 is 5.56 Å². The topological polar surface area (TPSA) is 75.4 Å². The van der Waals surface area contributed by atoms with E-state index in [0.29, 0.717) is 5.82 Å². The van der Waals surface area contributed by atoms with Crippen molar-refractivity contribution in [1.82, 2.24) is 9.55 Å². The largest absolute Gasteiger partial charge is 0.502 e. The standard InChI is InChI=1S/C7H10N2O3/c1-4-8-5(3-10)6(11)7(12)9(4)2/h10-11H,3H2,1-2H3. The van der Waals surface area contributed by atoms with Gasteiger partial charge >= 0.3 is 0 Å². The molecule has 0 saturated carbocycles. The minimum atomic E-state index is -0.536. The van der Waals surface area contributed by atoms with Crippen LogP contribution in [0.4, 0.5) is 0 Å². The number of aryl methyl sites for hydroxylation is 1. The van der Waals surface area contributed by atoms with E-state index in [4.69, 9.17) is 10.2 Å². The quantitative estimate of drug-likeness (QED) is 0.583. The number of hydrogen-bond acceptors (Lipinski definition) is 4. The SMILES string of the molecule is Cc1nc(CO)c(O)c(=O)n1C. The number of hydrogen-bond donors (Lipinski definition) is 2. The van der Waals surface area contributed by atoms with Crippen molar-refractivity contribution in [2.24, 2.45) is 7.05 Å². The fourth-order valence-corrected chi connectivity index (χ4v) is 0.863. The molecule has 0 spiro atoms. The summed E-state index contributed by atoms with van der Waals surface area (Å²) >= 11 is 0. The Kier molecular flexibility index (Phi) is 2.14. The monoisotopic (exact) mass is 170 g/mol. The molecule has 0 aromatic carbocycles. The lowest BCUT2D eigenvalue weighted by atomic mass is 10.3. The first-order valence-electron chi connectivity index (χ1n) is 3.44. The van der Waals surface area contributed by atoms with Crippen molar-refractivity contribution < 1.29 is 10.2 Å². The molecule has 2 N–H and O–H groups in total. The fourth-order valence-electron chi connectivity index (χ4n) is 0.863. The molecule has 5 nitrogen and oxygen atoms in total. The molecule has 66 valence electrons. The molecule has 1 aromatic rings. The van der Waals surface area contributed by atoms with Crippen LogP contribution in [0.25, 0.3) is 0 Å². The van der Waals surface area contributed by atoms with E-state index in [1.54, 1.807) is 6.92 Å². The molecule has 5 heteroatoms. The predicted octanol–water partition coefficient (Wildman–Crippen LogP) is -0.713. The molecule has 0 atom stereocenters. The highest BCUT2D eigenvalue weighted by atomic mass is 16.3. The Labute approximate surface area is 68.9 Å². The number of aromatic hydroxyl groups is 1. The lowest BCUT2D eigenvalue weighted by Crippen LogP contribution is -2.21. The summed E-state index contributed by atoms with van der Waals surface area (Å²) in [6.07, 6.45) is 0. The Balaban J connectivity index is 3.50. The Morgan fingerprint density at radius 3 is 2.67 bits per heavy atom. The molecular formula is C7H10N2O3. The van der Waals surface area contributed by atoms with Crippen molar-refractivity contribution in [1.29, 1.82) is 0 Å². The number of nitrogens with zero attached hydrogens (tertiary/aromatic N) is 2. The average molecular weight is 170 g/mol. The molecular weight excluding hydrogens is 160 g/mol. The molecule has 0 unspecified atom stereocenters. The second kappa shape index (κ2) is 2.94. The summed E-state index contributed by atoms with van der Waals surface area (Å²) in [6, 6.07) is 0. The van der Waals surface area contributed by atoms with Crippen molar-refractivity contribution in [3.8, 4) is 5.75 Å². The average Bonchev–Trinajstić information content (AvgIpc) is 2.08. The van der Waals surface area contributed by atoms with Gasteiger partial charge in [-0.25, -0.2) is 4.98 Å². The van der Waals surface area contributed by atoms with Crippen molar-refractivity contribution in [2.75, 3.05) is 0 Å². The summed E-state index contributed by atoms with van der Waals surface area (Å²) in [4.78, 5) is 14.9. The van der Waals surface area contributed by atoms with E-state index in [1.807, 2.05) is 0 Å². The summed E-state index contributed by atoms with van der Waals surface area (Å²) in [5.74, 6) is -0.0209. The van der Waals surface area contributed by atoms with Crippen molar-refractivity contribution in [3.63, 3.8) is 0 Å². The van der Waals surface area contributed by atoms with Crippen LogP contribution in [0.2, 0.25) is 0 Å². The Morgan fingerprint density at radius 1 is 1.58 bits per heavy atom.